The molecule has 0 aliphatic carbocycles. The summed E-state index contributed by atoms with van der Waals surface area (Å²) in [5, 5.41) is 16.4. The van der Waals surface area contributed by atoms with E-state index in [2.05, 4.69) is 25.9 Å². The number of nitrogens with zero attached hydrogens (tertiary/aromatic N) is 2. The second kappa shape index (κ2) is 5.92. The lowest BCUT2D eigenvalue weighted by Gasteiger charge is -2.10. The number of hydrogen-bond acceptors (Lipinski definition) is 6. The number of hydrogen-bond donors (Lipinski definition) is 4. The third-order valence-corrected chi connectivity index (χ3v) is 1.93. The van der Waals surface area contributed by atoms with Crippen molar-refractivity contribution in [1.82, 2.24) is 15.3 Å². The van der Waals surface area contributed by atoms with Crippen LogP contribution in [0.4, 0.5) is 11.6 Å². The summed E-state index contributed by atoms with van der Waals surface area (Å²) in [6, 6.07) is 0. The summed E-state index contributed by atoms with van der Waals surface area (Å²) in [5.41, 5.74) is 0.677. The van der Waals surface area contributed by atoms with Crippen molar-refractivity contribution in [2.24, 2.45) is 0 Å². The second-order valence-electron chi connectivity index (χ2n) is 2.91. The molecule has 6 nitrogen and oxygen atoms in total. The molecule has 1 aromatic rings. The number of nitrogens with one attached hydrogen (secondary N) is 4. The summed E-state index contributed by atoms with van der Waals surface area (Å²) in [6.07, 6.45) is 2.72. The maximum atomic E-state index is 7.31. The van der Waals surface area contributed by atoms with E-state index in [-0.39, 0.29) is 0 Å². The third kappa shape index (κ3) is 2.88. The van der Waals surface area contributed by atoms with Gasteiger partial charge in [0.2, 0.25) is 0 Å². The van der Waals surface area contributed by atoms with Crippen LogP contribution in [-0.4, -0.2) is 43.4 Å². The van der Waals surface area contributed by atoms with Crippen molar-refractivity contribution in [2.75, 3.05) is 37.8 Å². The first-order valence-electron chi connectivity index (χ1n) is 4.75. The molecule has 0 fully saturated rings. The van der Waals surface area contributed by atoms with E-state index < -0.39 is 0 Å². The summed E-state index contributed by atoms with van der Waals surface area (Å²) in [5.74, 6) is 1.34. The zero-order valence-electron chi connectivity index (χ0n) is 8.96. The van der Waals surface area contributed by atoms with Crippen LogP contribution in [0.2, 0.25) is 0 Å². The minimum Gasteiger partial charge on any atom is -0.372 e. The van der Waals surface area contributed by atoms with Crippen LogP contribution in [0.25, 0.3) is 0 Å². The van der Waals surface area contributed by atoms with Crippen molar-refractivity contribution in [3.8, 4) is 0 Å². The predicted molar refractivity (Wildman–Crippen MR) is 61.9 cm³/mol. The van der Waals surface area contributed by atoms with Gasteiger partial charge in [0.05, 0.1) is 5.56 Å². The number of anilines is 2. The maximum Gasteiger partial charge on any atom is 0.140 e. The highest BCUT2D eigenvalue weighted by atomic mass is 15.1. The van der Waals surface area contributed by atoms with E-state index >= 15 is 0 Å². The minimum atomic E-state index is 0.659. The highest BCUT2D eigenvalue weighted by Crippen LogP contribution is 2.15. The van der Waals surface area contributed by atoms with E-state index in [0.717, 1.165) is 13.1 Å². The largest absolute Gasteiger partial charge is 0.372 e. The van der Waals surface area contributed by atoms with Gasteiger partial charge < -0.3 is 21.4 Å². The van der Waals surface area contributed by atoms with Gasteiger partial charge >= 0.3 is 0 Å². The maximum absolute atomic E-state index is 7.31. The highest BCUT2D eigenvalue weighted by molar-refractivity contribution is 5.90. The van der Waals surface area contributed by atoms with E-state index in [4.69, 9.17) is 5.41 Å². The molecule has 4 N–H and O–H groups in total. The standard InChI is InChI=1S/C9H16N6/c1-11-3-4-13-9-7(5-10)8(12-2)14-6-15-9/h5-6,10-11H,3-4H2,1-2H3,(H2,12,13,14,15). The SMILES string of the molecule is CNCCNc1ncnc(NC)c1C=N. The molecule has 1 rings (SSSR count). The molecule has 0 saturated heterocycles. The number of aromatic nitrogens is 2. The molecule has 0 aromatic carbocycles. The molecule has 1 heterocycles. The molecule has 0 radical (unpaired) electrons. The van der Waals surface area contributed by atoms with Gasteiger partial charge in [-0.15, -0.1) is 0 Å². The normalized spacial score (nSPS) is 9.73. The molecule has 15 heavy (non-hydrogen) atoms. The fourth-order valence-corrected chi connectivity index (χ4v) is 1.18. The van der Waals surface area contributed by atoms with Crippen LogP contribution in [-0.2, 0) is 0 Å². The molecule has 0 amide bonds. The molecular formula is C9H16N6. The molecule has 0 aliphatic rings. The third-order valence-electron chi connectivity index (χ3n) is 1.93. The molecule has 0 bridgehead atoms. The smallest absolute Gasteiger partial charge is 0.140 e. The summed E-state index contributed by atoms with van der Waals surface area (Å²) >= 11 is 0. The quantitative estimate of drug-likeness (QED) is 0.395. The molecule has 0 spiro atoms. The van der Waals surface area contributed by atoms with Gasteiger partial charge in [0.15, 0.2) is 0 Å². The Morgan fingerprint density at radius 1 is 1.27 bits per heavy atom. The van der Waals surface area contributed by atoms with Crippen molar-refractivity contribution >= 4 is 17.9 Å². The first-order valence-corrected chi connectivity index (χ1v) is 4.75. The zero-order chi connectivity index (χ0) is 11.1. The first-order chi connectivity index (χ1) is 7.33. The topological polar surface area (TPSA) is 85.7 Å². The fourth-order valence-electron chi connectivity index (χ4n) is 1.18. The van der Waals surface area contributed by atoms with Crippen LogP contribution in [0.3, 0.4) is 0 Å². The summed E-state index contributed by atoms with van der Waals surface area (Å²) in [7, 11) is 3.66. The van der Waals surface area contributed by atoms with Crippen molar-refractivity contribution < 1.29 is 0 Å². The van der Waals surface area contributed by atoms with Gasteiger partial charge in [-0.1, -0.05) is 0 Å². The predicted octanol–water partition coefficient (Wildman–Crippen LogP) is 0.147. The lowest BCUT2D eigenvalue weighted by atomic mass is 10.3. The average Bonchev–Trinajstić information content (AvgIpc) is 2.29. The first kappa shape index (κ1) is 11.4. The monoisotopic (exact) mass is 208 g/mol. The van der Waals surface area contributed by atoms with E-state index in [1.807, 2.05) is 7.05 Å². The molecule has 1 aromatic heterocycles. The van der Waals surface area contributed by atoms with E-state index in [0.29, 0.717) is 17.2 Å². The van der Waals surface area contributed by atoms with Crippen LogP contribution in [0.1, 0.15) is 5.56 Å². The number of likely N-dealkylation sites (N-methyl/N-ethyl adjacent to an activating group) is 1. The Morgan fingerprint density at radius 3 is 2.60 bits per heavy atom. The van der Waals surface area contributed by atoms with Gasteiger partial charge in [0, 0.05) is 26.4 Å². The molecular weight excluding hydrogens is 192 g/mol. The van der Waals surface area contributed by atoms with Crippen LogP contribution >= 0.6 is 0 Å². The summed E-state index contributed by atoms with van der Waals surface area (Å²) in [4.78, 5) is 8.12. The fraction of sp³-hybridized carbons (Fsp3) is 0.444. The molecule has 0 atom stereocenters. The van der Waals surface area contributed by atoms with Crippen LogP contribution in [0.5, 0.6) is 0 Å². The summed E-state index contributed by atoms with van der Waals surface area (Å²) < 4.78 is 0. The molecule has 0 unspecified atom stereocenters. The zero-order valence-corrected chi connectivity index (χ0v) is 8.96. The van der Waals surface area contributed by atoms with Crippen molar-refractivity contribution in [1.29, 1.82) is 5.41 Å². The van der Waals surface area contributed by atoms with E-state index in [9.17, 15) is 0 Å². The Morgan fingerprint density at radius 2 is 2.00 bits per heavy atom. The summed E-state index contributed by atoms with van der Waals surface area (Å²) in [6.45, 7) is 1.60. The van der Waals surface area contributed by atoms with Crippen molar-refractivity contribution in [2.45, 2.75) is 0 Å². The molecule has 0 saturated carbocycles. The van der Waals surface area contributed by atoms with Gasteiger partial charge in [-0.2, -0.15) is 0 Å². The van der Waals surface area contributed by atoms with Crippen molar-refractivity contribution in [3.63, 3.8) is 0 Å². The average molecular weight is 208 g/mol. The Bertz CT molecular complexity index is 324. The number of rotatable bonds is 6. The molecule has 0 aliphatic heterocycles. The second-order valence-corrected chi connectivity index (χ2v) is 2.91. The van der Waals surface area contributed by atoms with Gasteiger partial charge in [0.1, 0.15) is 18.0 Å². The Labute approximate surface area is 89.0 Å². The van der Waals surface area contributed by atoms with Crippen LogP contribution in [0, 0.1) is 5.41 Å². The highest BCUT2D eigenvalue weighted by Gasteiger charge is 2.06. The van der Waals surface area contributed by atoms with Gasteiger partial charge in [-0.25, -0.2) is 9.97 Å². The van der Waals surface area contributed by atoms with Crippen LogP contribution in [0.15, 0.2) is 6.33 Å². The Balaban J connectivity index is 2.81. The Kier molecular flexibility index (Phi) is 4.49. The lowest BCUT2D eigenvalue weighted by Crippen LogP contribution is -2.19. The van der Waals surface area contributed by atoms with Gasteiger partial charge in [-0.3, -0.25) is 0 Å². The van der Waals surface area contributed by atoms with Crippen molar-refractivity contribution in [3.05, 3.63) is 11.9 Å². The van der Waals surface area contributed by atoms with Crippen LogP contribution < -0.4 is 16.0 Å². The molecule has 6 heteroatoms. The molecule has 82 valence electrons. The van der Waals surface area contributed by atoms with E-state index in [1.54, 1.807) is 7.05 Å². The van der Waals surface area contributed by atoms with E-state index in [1.165, 1.54) is 12.5 Å². The van der Waals surface area contributed by atoms with Gasteiger partial charge in [-0.05, 0) is 7.05 Å². The Hall–Kier alpha value is -1.69. The minimum absolute atomic E-state index is 0.659. The lowest BCUT2D eigenvalue weighted by molar-refractivity contribution is 0.820. The van der Waals surface area contributed by atoms with Gasteiger partial charge in [0.25, 0.3) is 0 Å².